The van der Waals surface area contributed by atoms with Gasteiger partial charge in [-0.3, -0.25) is 0 Å². The van der Waals surface area contributed by atoms with Gasteiger partial charge in [-0.05, 0) is 37.1 Å². The van der Waals surface area contributed by atoms with Gasteiger partial charge in [-0.1, -0.05) is 48.5 Å². The summed E-state index contributed by atoms with van der Waals surface area (Å²) in [6, 6.07) is 21.1. The third-order valence-electron chi connectivity index (χ3n) is 4.37. The molecule has 0 saturated heterocycles. The van der Waals surface area contributed by atoms with E-state index in [9.17, 15) is 0 Å². The molecule has 0 aliphatic carbocycles. The number of fused-ring (bicyclic) bond motifs is 1. The normalized spacial score (nSPS) is 11.0. The maximum Gasteiger partial charge on any atom is 0.0805 e. The highest BCUT2D eigenvalue weighted by atomic mass is 14.8. The average molecular weight is 298 g/mol. The van der Waals surface area contributed by atoms with Crippen molar-refractivity contribution in [2.45, 2.75) is 13.8 Å². The van der Waals surface area contributed by atoms with Crippen LogP contribution in [0, 0.1) is 13.8 Å². The Balaban J connectivity index is 2.03. The van der Waals surface area contributed by atoms with Crippen LogP contribution in [0.5, 0.6) is 0 Å². The maximum atomic E-state index is 5.02. The molecule has 112 valence electrons. The molecule has 2 aromatic carbocycles. The van der Waals surface area contributed by atoms with Crippen molar-refractivity contribution in [3.05, 3.63) is 78.0 Å². The molecule has 0 atom stereocenters. The molecule has 0 aliphatic rings. The number of rotatable bonds is 2. The predicted molar refractivity (Wildman–Crippen MR) is 96.4 cm³/mol. The van der Waals surface area contributed by atoms with E-state index in [0.717, 1.165) is 22.3 Å². The van der Waals surface area contributed by atoms with E-state index >= 15 is 0 Å². The fourth-order valence-electron chi connectivity index (χ4n) is 3.10. The number of aromatic amines is 1. The summed E-state index contributed by atoms with van der Waals surface area (Å²) in [5.74, 6) is 0. The maximum absolute atomic E-state index is 5.02. The number of nitrogens with zero attached hydrogens (tertiary/aromatic N) is 1. The predicted octanol–water partition coefficient (Wildman–Crippen LogP) is 5.51. The van der Waals surface area contributed by atoms with Gasteiger partial charge in [0, 0.05) is 28.2 Å². The second kappa shape index (κ2) is 5.40. The topological polar surface area (TPSA) is 28.7 Å². The van der Waals surface area contributed by atoms with Gasteiger partial charge in [0.2, 0.25) is 0 Å². The molecule has 0 bridgehead atoms. The first-order chi connectivity index (χ1) is 11.2. The fourth-order valence-corrected chi connectivity index (χ4v) is 3.10. The van der Waals surface area contributed by atoms with Crippen molar-refractivity contribution in [2.75, 3.05) is 0 Å². The van der Waals surface area contributed by atoms with Gasteiger partial charge < -0.3 is 4.98 Å². The summed E-state index contributed by atoms with van der Waals surface area (Å²) in [6.07, 6.45) is 1.98. The van der Waals surface area contributed by atoms with E-state index in [0.29, 0.717) is 0 Å². The molecule has 23 heavy (non-hydrogen) atoms. The summed E-state index contributed by atoms with van der Waals surface area (Å²) in [4.78, 5) is 8.35. The first kappa shape index (κ1) is 13.8. The number of hydrogen-bond acceptors (Lipinski definition) is 1. The third-order valence-corrected chi connectivity index (χ3v) is 4.37. The van der Waals surface area contributed by atoms with Crippen molar-refractivity contribution < 1.29 is 0 Å². The highest BCUT2D eigenvalue weighted by Crippen LogP contribution is 2.33. The monoisotopic (exact) mass is 298 g/mol. The molecule has 2 aromatic heterocycles. The van der Waals surface area contributed by atoms with Crippen molar-refractivity contribution in [3.8, 4) is 22.5 Å². The minimum absolute atomic E-state index is 1.01. The van der Waals surface area contributed by atoms with E-state index in [1.165, 1.54) is 22.3 Å². The second-order valence-electron chi connectivity index (χ2n) is 5.92. The number of benzene rings is 2. The summed E-state index contributed by atoms with van der Waals surface area (Å²) in [6.45, 7) is 4.26. The molecular weight excluding hydrogens is 280 g/mol. The molecule has 1 N–H and O–H groups in total. The number of H-pyrrole nitrogens is 1. The van der Waals surface area contributed by atoms with Crippen molar-refractivity contribution in [1.29, 1.82) is 0 Å². The number of nitrogens with one attached hydrogen (secondary N) is 1. The van der Waals surface area contributed by atoms with Gasteiger partial charge in [-0.15, -0.1) is 0 Å². The van der Waals surface area contributed by atoms with Gasteiger partial charge in [0.1, 0.15) is 0 Å². The van der Waals surface area contributed by atoms with Crippen LogP contribution in [0.1, 0.15) is 11.1 Å². The molecule has 0 unspecified atom stereocenters. The Morgan fingerprint density at radius 1 is 0.783 bits per heavy atom. The van der Waals surface area contributed by atoms with Gasteiger partial charge in [0.25, 0.3) is 0 Å². The van der Waals surface area contributed by atoms with Crippen LogP contribution in [0.25, 0.3) is 33.4 Å². The van der Waals surface area contributed by atoms with Crippen molar-refractivity contribution >= 4 is 10.9 Å². The van der Waals surface area contributed by atoms with Crippen LogP contribution in [0.15, 0.2) is 66.9 Å². The van der Waals surface area contributed by atoms with Crippen LogP contribution in [-0.2, 0) is 0 Å². The van der Waals surface area contributed by atoms with Crippen molar-refractivity contribution in [1.82, 2.24) is 9.97 Å². The van der Waals surface area contributed by atoms with Gasteiger partial charge in [0.05, 0.1) is 11.4 Å². The Labute approximate surface area is 135 Å². The lowest BCUT2D eigenvalue weighted by molar-refractivity contribution is 1.31. The zero-order valence-corrected chi connectivity index (χ0v) is 13.3. The summed E-state index contributed by atoms with van der Waals surface area (Å²) >= 11 is 0. The standard InChI is InChI=1S/C21H18N2/c1-14-7-3-5-9-16(14)20-13-19-18(11-12-22-19)21(23-20)17-10-6-4-8-15(17)2/h3-13,22H,1-2H3. The average Bonchev–Trinajstić information content (AvgIpc) is 3.03. The van der Waals surface area contributed by atoms with Gasteiger partial charge in [-0.2, -0.15) is 0 Å². The van der Waals surface area contributed by atoms with E-state index in [2.05, 4.69) is 79.5 Å². The molecule has 0 fully saturated rings. The molecule has 0 aliphatic heterocycles. The second-order valence-corrected chi connectivity index (χ2v) is 5.92. The Morgan fingerprint density at radius 3 is 2.13 bits per heavy atom. The van der Waals surface area contributed by atoms with Gasteiger partial charge in [0.15, 0.2) is 0 Å². The number of aryl methyl sites for hydroxylation is 2. The molecule has 2 heterocycles. The van der Waals surface area contributed by atoms with Crippen LogP contribution in [-0.4, -0.2) is 9.97 Å². The van der Waals surface area contributed by atoms with Crippen LogP contribution < -0.4 is 0 Å². The number of pyridine rings is 1. The highest BCUT2D eigenvalue weighted by molar-refractivity contribution is 5.96. The largest absolute Gasteiger partial charge is 0.361 e. The lowest BCUT2D eigenvalue weighted by Gasteiger charge is -2.11. The lowest BCUT2D eigenvalue weighted by atomic mass is 10.00. The first-order valence-electron chi connectivity index (χ1n) is 7.84. The van der Waals surface area contributed by atoms with Crippen molar-refractivity contribution in [3.63, 3.8) is 0 Å². The fraction of sp³-hybridized carbons (Fsp3) is 0.0952. The van der Waals surface area contributed by atoms with Crippen LogP contribution in [0.3, 0.4) is 0 Å². The first-order valence-corrected chi connectivity index (χ1v) is 7.84. The van der Waals surface area contributed by atoms with Crippen LogP contribution in [0.2, 0.25) is 0 Å². The minimum atomic E-state index is 1.01. The molecule has 2 heteroatoms. The Hall–Kier alpha value is -2.87. The molecule has 4 rings (SSSR count). The van der Waals surface area contributed by atoms with Crippen molar-refractivity contribution in [2.24, 2.45) is 0 Å². The molecular formula is C21H18N2. The van der Waals surface area contributed by atoms with E-state index in [1.54, 1.807) is 0 Å². The Kier molecular flexibility index (Phi) is 3.23. The minimum Gasteiger partial charge on any atom is -0.361 e. The molecule has 0 amide bonds. The zero-order chi connectivity index (χ0) is 15.8. The summed E-state index contributed by atoms with van der Waals surface area (Å²) in [7, 11) is 0. The zero-order valence-electron chi connectivity index (χ0n) is 13.3. The van der Waals surface area contributed by atoms with E-state index in [-0.39, 0.29) is 0 Å². The molecule has 0 spiro atoms. The van der Waals surface area contributed by atoms with Gasteiger partial charge in [-0.25, -0.2) is 4.98 Å². The SMILES string of the molecule is Cc1ccccc1-c1cc2[nH]ccc2c(-c2ccccc2C)n1. The summed E-state index contributed by atoms with van der Waals surface area (Å²) < 4.78 is 0. The summed E-state index contributed by atoms with van der Waals surface area (Å²) in [5, 5.41) is 1.16. The van der Waals surface area contributed by atoms with Crippen LogP contribution >= 0.6 is 0 Å². The summed E-state index contributed by atoms with van der Waals surface area (Å²) in [5.41, 5.74) is 8.02. The molecule has 0 radical (unpaired) electrons. The number of hydrogen-bond donors (Lipinski definition) is 1. The third kappa shape index (κ3) is 2.33. The van der Waals surface area contributed by atoms with E-state index in [1.807, 2.05) is 6.20 Å². The van der Waals surface area contributed by atoms with Crippen LogP contribution in [0.4, 0.5) is 0 Å². The molecule has 2 nitrogen and oxygen atoms in total. The number of aromatic nitrogens is 2. The van der Waals surface area contributed by atoms with E-state index in [4.69, 9.17) is 4.98 Å². The quantitative estimate of drug-likeness (QED) is 0.519. The Bertz CT molecular complexity index is 996. The highest BCUT2D eigenvalue weighted by Gasteiger charge is 2.12. The van der Waals surface area contributed by atoms with E-state index < -0.39 is 0 Å². The molecule has 0 saturated carbocycles. The molecule has 4 aromatic rings. The lowest BCUT2D eigenvalue weighted by Crippen LogP contribution is -1.93. The smallest absolute Gasteiger partial charge is 0.0805 e. The Morgan fingerprint density at radius 2 is 1.43 bits per heavy atom. The van der Waals surface area contributed by atoms with Gasteiger partial charge >= 0.3 is 0 Å².